The third kappa shape index (κ3) is 4.74. The smallest absolute Gasteiger partial charge is 0.335 e. The first-order chi connectivity index (χ1) is 11.5. The zero-order valence-electron chi connectivity index (χ0n) is 13.8. The second-order valence-electron chi connectivity index (χ2n) is 5.33. The molecular formula is C18H20N2O4. The number of nitrogens with zero attached hydrogens (tertiary/aromatic N) is 1. The monoisotopic (exact) mass is 328 g/mol. The molecule has 0 atom stereocenters. The van der Waals surface area contributed by atoms with Gasteiger partial charge in [-0.1, -0.05) is 6.07 Å². The Morgan fingerprint density at radius 3 is 2.67 bits per heavy atom. The van der Waals surface area contributed by atoms with Crippen LogP contribution < -0.4 is 14.9 Å². The number of hydrogen-bond acceptors (Lipinski definition) is 5. The van der Waals surface area contributed by atoms with Gasteiger partial charge in [-0.2, -0.15) is 5.10 Å². The van der Waals surface area contributed by atoms with Crippen molar-refractivity contribution in [3.05, 3.63) is 53.6 Å². The molecule has 24 heavy (non-hydrogen) atoms. The molecule has 0 amide bonds. The molecule has 0 heterocycles. The van der Waals surface area contributed by atoms with E-state index in [0.717, 1.165) is 5.56 Å². The van der Waals surface area contributed by atoms with Crippen LogP contribution in [0.1, 0.15) is 29.8 Å². The lowest BCUT2D eigenvalue weighted by atomic mass is 10.2. The molecule has 0 spiro atoms. The minimum absolute atomic E-state index is 0.0570. The quantitative estimate of drug-likeness (QED) is 0.599. The van der Waals surface area contributed by atoms with Gasteiger partial charge in [0.15, 0.2) is 11.5 Å². The lowest BCUT2D eigenvalue weighted by Gasteiger charge is -2.13. The summed E-state index contributed by atoms with van der Waals surface area (Å²) in [4.78, 5) is 10.9. The molecule has 0 saturated heterocycles. The van der Waals surface area contributed by atoms with Crippen molar-refractivity contribution < 1.29 is 19.4 Å². The van der Waals surface area contributed by atoms with Crippen LogP contribution in [0.3, 0.4) is 0 Å². The first-order valence-corrected chi connectivity index (χ1v) is 7.46. The summed E-state index contributed by atoms with van der Waals surface area (Å²) in [5.41, 5.74) is 4.43. The SMILES string of the molecule is COc1cc(C=NNc2cccc(C(=O)O)c2)ccc1OC(C)C. The molecule has 0 saturated carbocycles. The lowest BCUT2D eigenvalue weighted by Crippen LogP contribution is -2.06. The Morgan fingerprint density at radius 2 is 2.00 bits per heavy atom. The van der Waals surface area contributed by atoms with Crippen LogP contribution in [0.4, 0.5) is 5.69 Å². The predicted octanol–water partition coefficient (Wildman–Crippen LogP) is 3.63. The topological polar surface area (TPSA) is 80.2 Å². The third-order valence-corrected chi connectivity index (χ3v) is 3.07. The Morgan fingerprint density at radius 1 is 1.21 bits per heavy atom. The Balaban J connectivity index is 2.09. The molecule has 0 aromatic heterocycles. The summed E-state index contributed by atoms with van der Waals surface area (Å²) in [6.45, 7) is 3.90. The number of hydrogen-bond donors (Lipinski definition) is 2. The second-order valence-corrected chi connectivity index (χ2v) is 5.33. The Labute approximate surface area is 140 Å². The molecule has 0 aliphatic heterocycles. The van der Waals surface area contributed by atoms with Crippen molar-refractivity contribution in [2.24, 2.45) is 5.10 Å². The van der Waals surface area contributed by atoms with Gasteiger partial charge in [-0.25, -0.2) is 4.79 Å². The number of methoxy groups -OCH3 is 1. The molecular weight excluding hydrogens is 308 g/mol. The molecule has 0 aliphatic rings. The Kier molecular flexibility index (Phi) is 5.78. The molecule has 2 aromatic rings. The fourth-order valence-electron chi connectivity index (χ4n) is 2.02. The number of benzene rings is 2. The van der Waals surface area contributed by atoms with Crippen LogP contribution in [-0.2, 0) is 0 Å². The number of nitrogens with one attached hydrogen (secondary N) is 1. The highest BCUT2D eigenvalue weighted by molar-refractivity contribution is 5.89. The third-order valence-electron chi connectivity index (χ3n) is 3.07. The van der Waals surface area contributed by atoms with Crippen LogP contribution >= 0.6 is 0 Å². The van der Waals surface area contributed by atoms with E-state index in [1.807, 2.05) is 32.0 Å². The summed E-state index contributed by atoms with van der Waals surface area (Å²) < 4.78 is 11.0. The van der Waals surface area contributed by atoms with Crippen LogP contribution in [0.5, 0.6) is 11.5 Å². The van der Waals surface area contributed by atoms with Crippen molar-refractivity contribution >= 4 is 17.9 Å². The van der Waals surface area contributed by atoms with Crippen LogP contribution in [-0.4, -0.2) is 30.5 Å². The molecule has 0 aliphatic carbocycles. The van der Waals surface area contributed by atoms with Gasteiger partial charge in [0.2, 0.25) is 0 Å². The predicted molar refractivity (Wildman–Crippen MR) is 93.4 cm³/mol. The van der Waals surface area contributed by atoms with E-state index >= 15 is 0 Å². The molecule has 2 N–H and O–H groups in total. The standard InChI is InChI=1S/C18H20N2O4/c1-12(2)24-16-8-7-13(9-17(16)23-3)11-19-20-15-6-4-5-14(10-15)18(21)22/h4-12,20H,1-3H3,(H,21,22). The van der Waals surface area contributed by atoms with Crippen molar-refractivity contribution in [2.45, 2.75) is 20.0 Å². The summed E-state index contributed by atoms with van der Waals surface area (Å²) in [6.07, 6.45) is 1.68. The van der Waals surface area contributed by atoms with Crippen LogP contribution in [0, 0.1) is 0 Å². The fraction of sp³-hybridized carbons (Fsp3) is 0.222. The van der Waals surface area contributed by atoms with Gasteiger partial charge in [0.25, 0.3) is 0 Å². The molecule has 0 bridgehead atoms. The molecule has 0 fully saturated rings. The summed E-state index contributed by atoms with van der Waals surface area (Å²) in [6, 6.07) is 11.9. The van der Waals surface area contributed by atoms with Crippen LogP contribution in [0.2, 0.25) is 0 Å². The van der Waals surface area contributed by atoms with Gasteiger partial charge in [-0.15, -0.1) is 0 Å². The second kappa shape index (κ2) is 8.01. The summed E-state index contributed by atoms with van der Waals surface area (Å²) >= 11 is 0. The van der Waals surface area contributed by atoms with Gasteiger partial charge >= 0.3 is 5.97 Å². The van der Waals surface area contributed by atoms with Crippen molar-refractivity contribution in [1.29, 1.82) is 0 Å². The normalized spacial score (nSPS) is 10.8. The van der Waals surface area contributed by atoms with E-state index < -0.39 is 5.97 Å². The minimum atomic E-state index is -0.979. The Bertz CT molecular complexity index is 742. The number of carbonyl (C=O) groups is 1. The maximum Gasteiger partial charge on any atom is 0.335 e. The number of ether oxygens (including phenoxy) is 2. The number of rotatable bonds is 7. The van der Waals surface area contributed by atoms with E-state index in [-0.39, 0.29) is 11.7 Å². The average Bonchev–Trinajstić information content (AvgIpc) is 2.56. The molecule has 6 heteroatoms. The minimum Gasteiger partial charge on any atom is -0.493 e. The highest BCUT2D eigenvalue weighted by Gasteiger charge is 2.07. The number of carboxylic acid groups (broad SMARTS) is 1. The number of carboxylic acids is 1. The number of hydrazone groups is 1. The highest BCUT2D eigenvalue weighted by Crippen LogP contribution is 2.28. The first kappa shape index (κ1) is 17.3. The lowest BCUT2D eigenvalue weighted by molar-refractivity contribution is 0.0697. The molecule has 2 aromatic carbocycles. The van der Waals surface area contributed by atoms with E-state index in [1.165, 1.54) is 12.1 Å². The van der Waals surface area contributed by atoms with Crippen molar-refractivity contribution in [3.8, 4) is 11.5 Å². The maximum absolute atomic E-state index is 10.9. The molecule has 2 rings (SSSR count). The molecule has 0 unspecified atom stereocenters. The summed E-state index contributed by atoms with van der Waals surface area (Å²) in [7, 11) is 1.58. The van der Waals surface area contributed by atoms with Crippen LogP contribution in [0.15, 0.2) is 47.6 Å². The van der Waals surface area contributed by atoms with Gasteiger partial charge in [0, 0.05) is 0 Å². The Hall–Kier alpha value is -3.02. The van der Waals surface area contributed by atoms with Gasteiger partial charge in [0.05, 0.1) is 30.7 Å². The van der Waals surface area contributed by atoms with E-state index in [4.69, 9.17) is 14.6 Å². The first-order valence-electron chi connectivity index (χ1n) is 7.46. The zero-order valence-corrected chi connectivity index (χ0v) is 13.8. The van der Waals surface area contributed by atoms with Gasteiger partial charge in [-0.05, 0) is 55.8 Å². The van der Waals surface area contributed by atoms with Crippen molar-refractivity contribution in [2.75, 3.05) is 12.5 Å². The van der Waals surface area contributed by atoms with Gasteiger partial charge in [0.1, 0.15) is 0 Å². The molecule has 0 radical (unpaired) electrons. The van der Waals surface area contributed by atoms with E-state index in [0.29, 0.717) is 17.2 Å². The van der Waals surface area contributed by atoms with Crippen LogP contribution in [0.25, 0.3) is 0 Å². The van der Waals surface area contributed by atoms with Crippen molar-refractivity contribution in [1.82, 2.24) is 0 Å². The highest BCUT2D eigenvalue weighted by atomic mass is 16.5. The van der Waals surface area contributed by atoms with E-state index in [2.05, 4.69) is 10.5 Å². The maximum atomic E-state index is 10.9. The van der Waals surface area contributed by atoms with Crippen molar-refractivity contribution in [3.63, 3.8) is 0 Å². The zero-order chi connectivity index (χ0) is 17.5. The average molecular weight is 328 g/mol. The molecule has 6 nitrogen and oxygen atoms in total. The van der Waals surface area contributed by atoms with Gasteiger partial charge in [-0.3, -0.25) is 5.43 Å². The summed E-state index contributed by atoms with van der Waals surface area (Å²) in [5.74, 6) is 0.320. The summed E-state index contributed by atoms with van der Waals surface area (Å²) in [5, 5.41) is 13.1. The van der Waals surface area contributed by atoms with E-state index in [1.54, 1.807) is 25.5 Å². The number of aromatic carboxylic acids is 1. The van der Waals surface area contributed by atoms with E-state index in [9.17, 15) is 4.79 Å². The largest absolute Gasteiger partial charge is 0.493 e. The fourth-order valence-corrected chi connectivity index (χ4v) is 2.02. The molecule has 126 valence electrons. The number of anilines is 1. The van der Waals surface area contributed by atoms with Gasteiger partial charge < -0.3 is 14.6 Å².